The Balaban J connectivity index is 1.71. The molecule has 21 heavy (non-hydrogen) atoms. The first kappa shape index (κ1) is 15.3. The van der Waals surface area contributed by atoms with E-state index in [1.807, 2.05) is 6.07 Å². The van der Waals surface area contributed by atoms with Crippen molar-refractivity contribution in [2.24, 2.45) is 5.92 Å². The molecule has 1 N–H and O–H groups in total. The number of hydrogen-bond acceptors (Lipinski definition) is 2. The standard InChI is InChI=1S/C17H24ClFN2/c1-12(14-4-7-17(19)16(18)9-14)21(15-5-6-15)11-13-3-2-8-20-10-13/h4,7,9,12-13,15,20H,2-3,5-6,8,10-11H2,1H3. The van der Waals surface area contributed by atoms with E-state index in [4.69, 9.17) is 11.6 Å². The van der Waals surface area contributed by atoms with E-state index < -0.39 is 0 Å². The Kier molecular flexibility index (Phi) is 4.82. The normalized spacial score (nSPS) is 24.3. The van der Waals surface area contributed by atoms with Gasteiger partial charge in [0.1, 0.15) is 5.82 Å². The van der Waals surface area contributed by atoms with Crippen LogP contribution in [0.15, 0.2) is 18.2 Å². The summed E-state index contributed by atoms with van der Waals surface area (Å²) < 4.78 is 13.4. The fraction of sp³-hybridized carbons (Fsp3) is 0.647. The van der Waals surface area contributed by atoms with Gasteiger partial charge in [-0.3, -0.25) is 4.90 Å². The molecule has 0 spiro atoms. The maximum absolute atomic E-state index is 13.4. The van der Waals surface area contributed by atoms with E-state index >= 15 is 0 Å². The average molecular weight is 311 g/mol. The Hall–Kier alpha value is -0.640. The number of rotatable bonds is 5. The van der Waals surface area contributed by atoms with Gasteiger partial charge in [0, 0.05) is 18.6 Å². The van der Waals surface area contributed by atoms with E-state index in [0.717, 1.165) is 31.1 Å². The van der Waals surface area contributed by atoms with E-state index in [1.165, 1.54) is 31.7 Å². The molecule has 2 fully saturated rings. The summed E-state index contributed by atoms with van der Waals surface area (Å²) in [6.07, 6.45) is 5.17. The predicted molar refractivity (Wildman–Crippen MR) is 85.1 cm³/mol. The Morgan fingerprint density at radius 3 is 2.81 bits per heavy atom. The molecule has 2 aliphatic rings. The summed E-state index contributed by atoms with van der Waals surface area (Å²) in [4.78, 5) is 2.60. The van der Waals surface area contributed by atoms with Gasteiger partial charge >= 0.3 is 0 Å². The van der Waals surface area contributed by atoms with Crippen molar-refractivity contribution in [3.63, 3.8) is 0 Å². The molecule has 0 bridgehead atoms. The van der Waals surface area contributed by atoms with Gasteiger partial charge in [0.15, 0.2) is 0 Å². The van der Waals surface area contributed by atoms with E-state index in [1.54, 1.807) is 6.07 Å². The van der Waals surface area contributed by atoms with Gasteiger partial charge in [-0.05, 0) is 69.3 Å². The van der Waals surface area contributed by atoms with Crippen molar-refractivity contribution < 1.29 is 4.39 Å². The molecule has 3 rings (SSSR count). The molecule has 1 heterocycles. The minimum absolute atomic E-state index is 0.231. The second-order valence-corrected chi connectivity index (χ2v) is 6.90. The molecule has 2 unspecified atom stereocenters. The second-order valence-electron chi connectivity index (χ2n) is 6.49. The summed E-state index contributed by atoms with van der Waals surface area (Å²) in [5.41, 5.74) is 1.12. The summed E-state index contributed by atoms with van der Waals surface area (Å²) in [5, 5.41) is 3.73. The Morgan fingerprint density at radius 1 is 1.38 bits per heavy atom. The SMILES string of the molecule is CC(c1ccc(F)c(Cl)c1)N(CC1CCCNC1)C1CC1. The molecule has 1 aliphatic carbocycles. The molecule has 1 saturated heterocycles. The fourth-order valence-electron chi connectivity index (χ4n) is 3.37. The topological polar surface area (TPSA) is 15.3 Å². The lowest BCUT2D eigenvalue weighted by Crippen LogP contribution is -2.40. The van der Waals surface area contributed by atoms with Crippen LogP contribution in [-0.2, 0) is 0 Å². The summed E-state index contributed by atoms with van der Waals surface area (Å²) in [5.74, 6) is 0.403. The van der Waals surface area contributed by atoms with Gasteiger partial charge in [-0.2, -0.15) is 0 Å². The van der Waals surface area contributed by atoms with Gasteiger partial charge in [0.2, 0.25) is 0 Å². The van der Waals surface area contributed by atoms with E-state index in [9.17, 15) is 4.39 Å². The molecule has 116 valence electrons. The van der Waals surface area contributed by atoms with Gasteiger partial charge in [-0.25, -0.2) is 4.39 Å². The van der Waals surface area contributed by atoms with Crippen LogP contribution in [0.2, 0.25) is 5.02 Å². The van der Waals surface area contributed by atoms with Crippen LogP contribution in [-0.4, -0.2) is 30.6 Å². The quantitative estimate of drug-likeness (QED) is 0.884. The number of halogens is 2. The van der Waals surface area contributed by atoms with Crippen LogP contribution in [0.25, 0.3) is 0 Å². The first-order chi connectivity index (χ1) is 10.1. The molecule has 0 radical (unpaired) electrons. The molecule has 2 atom stereocenters. The van der Waals surface area contributed by atoms with Crippen LogP contribution in [0.5, 0.6) is 0 Å². The van der Waals surface area contributed by atoms with Crippen molar-refractivity contribution >= 4 is 11.6 Å². The van der Waals surface area contributed by atoms with Crippen LogP contribution in [0, 0.1) is 11.7 Å². The number of hydrogen-bond donors (Lipinski definition) is 1. The minimum Gasteiger partial charge on any atom is -0.316 e. The van der Waals surface area contributed by atoms with Crippen molar-refractivity contribution in [2.45, 2.75) is 44.7 Å². The molecule has 4 heteroatoms. The molecule has 0 amide bonds. The molecule has 1 aliphatic heterocycles. The molecular weight excluding hydrogens is 287 g/mol. The van der Waals surface area contributed by atoms with Crippen molar-refractivity contribution in [1.82, 2.24) is 10.2 Å². The Labute approximate surface area is 131 Å². The molecule has 1 aromatic carbocycles. The zero-order chi connectivity index (χ0) is 14.8. The van der Waals surface area contributed by atoms with Gasteiger partial charge < -0.3 is 5.32 Å². The van der Waals surface area contributed by atoms with Crippen LogP contribution >= 0.6 is 11.6 Å². The summed E-state index contributed by atoms with van der Waals surface area (Å²) in [7, 11) is 0. The summed E-state index contributed by atoms with van der Waals surface area (Å²) >= 11 is 5.95. The van der Waals surface area contributed by atoms with E-state index in [0.29, 0.717) is 12.1 Å². The zero-order valence-corrected chi connectivity index (χ0v) is 13.4. The monoisotopic (exact) mass is 310 g/mol. The maximum atomic E-state index is 13.4. The van der Waals surface area contributed by atoms with Gasteiger partial charge in [0.05, 0.1) is 5.02 Å². The first-order valence-corrected chi connectivity index (χ1v) is 8.44. The third-order valence-electron chi connectivity index (χ3n) is 4.81. The summed E-state index contributed by atoms with van der Waals surface area (Å²) in [6.45, 7) is 5.63. The molecule has 1 aromatic rings. The molecule has 1 saturated carbocycles. The summed E-state index contributed by atoms with van der Waals surface area (Å²) in [6, 6.07) is 6.15. The minimum atomic E-state index is -0.331. The lowest BCUT2D eigenvalue weighted by atomic mass is 9.97. The number of benzene rings is 1. The van der Waals surface area contributed by atoms with E-state index in [-0.39, 0.29) is 10.8 Å². The van der Waals surface area contributed by atoms with Crippen molar-refractivity contribution in [1.29, 1.82) is 0 Å². The highest BCUT2D eigenvalue weighted by atomic mass is 35.5. The van der Waals surface area contributed by atoms with Crippen molar-refractivity contribution in [3.05, 3.63) is 34.6 Å². The maximum Gasteiger partial charge on any atom is 0.141 e. The van der Waals surface area contributed by atoms with Crippen LogP contribution < -0.4 is 5.32 Å². The molecular formula is C17H24ClFN2. The lowest BCUT2D eigenvalue weighted by molar-refractivity contribution is 0.154. The van der Waals surface area contributed by atoms with Gasteiger partial charge in [0.25, 0.3) is 0 Å². The number of nitrogens with zero attached hydrogens (tertiary/aromatic N) is 1. The van der Waals surface area contributed by atoms with Crippen molar-refractivity contribution in [2.75, 3.05) is 19.6 Å². The third kappa shape index (κ3) is 3.77. The molecule has 0 aromatic heterocycles. The third-order valence-corrected chi connectivity index (χ3v) is 5.10. The van der Waals surface area contributed by atoms with Crippen LogP contribution in [0.4, 0.5) is 4.39 Å². The van der Waals surface area contributed by atoms with E-state index in [2.05, 4.69) is 17.1 Å². The number of nitrogens with one attached hydrogen (secondary N) is 1. The second kappa shape index (κ2) is 6.64. The Bertz CT molecular complexity index is 484. The zero-order valence-electron chi connectivity index (χ0n) is 12.6. The largest absolute Gasteiger partial charge is 0.316 e. The highest BCUT2D eigenvalue weighted by Crippen LogP contribution is 2.36. The Morgan fingerprint density at radius 2 is 2.19 bits per heavy atom. The number of piperidine rings is 1. The average Bonchev–Trinajstić information content (AvgIpc) is 3.33. The molecule has 2 nitrogen and oxygen atoms in total. The van der Waals surface area contributed by atoms with Crippen LogP contribution in [0.3, 0.4) is 0 Å². The first-order valence-electron chi connectivity index (χ1n) is 8.06. The van der Waals surface area contributed by atoms with Gasteiger partial charge in [-0.15, -0.1) is 0 Å². The fourth-order valence-corrected chi connectivity index (χ4v) is 3.56. The van der Waals surface area contributed by atoms with Crippen molar-refractivity contribution in [3.8, 4) is 0 Å². The highest BCUT2D eigenvalue weighted by molar-refractivity contribution is 6.30. The lowest BCUT2D eigenvalue weighted by Gasteiger charge is -2.34. The predicted octanol–water partition coefficient (Wildman–Crippen LogP) is 4.00. The highest BCUT2D eigenvalue weighted by Gasteiger charge is 2.34. The smallest absolute Gasteiger partial charge is 0.141 e. The van der Waals surface area contributed by atoms with Gasteiger partial charge in [-0.1, -0.05) is 17.7 Å². The van der Waals surface area contributed by atoms with Crippen LogP contribution in [0.1, 0.15) is 44.2 Å².